The van der Waals surface area contributed by atoms with Crippen molar-refractivity contribution in [2.45, 2.75) is 17.9 Å². The highest BCUT2D eigenvalue weighted by Crippen LogP contribution is 2.23. The lowest BCUT2D eigenvalue weighted by atomic mass is 10.1. The molecule has 0 saturated carbocycles. The van der Waals surface area contributed by atoms with Crippen LogP contribution in [0.2, 0.25) is 5.02 Å². The first-order valence-electron chi connectivity index (χ1n) is 8.57. The van der Waals surface area contributed by atoms with Crippen LogP contribution in [0, 0.1) is 5.82 Å². The van der Waals surface area contributed by atoms with Gasteiger partial charge in [-0.2, -0.15) is 13.5 Å². The number of rotatable bonds is 7. The largest absolute Gasteiger partial charge is 0.486 e. The average molecular weight is 454 g/mol. The van der Waals surface area contributed by atoms with Crippen molar-refractivity contribution in [3.63, 3.8) is 0 Å². The summed E-state index contributed by atoms with van der Waals surface area (Å²) in [6.45, 7) is -0.139. The monoisotopic (exact) mass is 453 g/mol. The van der Waals surface area contributed by atoms with Gasteiger partial charge in [0.05, 0.1) is 18.8 Å². The summed E-state index contributed by atoms with van der Waals surface area (Å²) >= 11 is 5.92. The molecule has 0 atom stereocenters. The molecule has 30 heavy (non-hydrogen) atoms. The summed E-state index contributed by atoms with van der Waals surface area (Å²) < 4.78 is 53.3. The Morgan fingerprint density at radius 2 is 2.00 bits per heavy atom. The Kier molecular flexibility index (Phi) is 6.40. The smallest absolute Gasteiger partial charge is 0.294 e. The van der Waals surface area contributed by atoms with Crippen LogP contribution < -0.4 is 10.1 Å². The molecule has 1 amide bonds. The molecular weight excluding hydrogens is 437 g/mol. The number of anilines is 1. The lowest BCUT2D eigenvalue weighted by Gasteiger charge is -2.12. The molecule has 0 aliphatic heterocycles. The van der Waals surface area contributed by atoms with Gasteiger partial charge in [-0.1, -0.05) is 23.7 Å². The van der Waals surface area contributed by atoms with Gasteiger partial charge in [0.1, 0.15) is 17.3 Å². The third-order valence-corrected chi connectivity index (χ3v) is 5.36. The molecule has 0 aliphatic rings. The molecule has 0 aliphatic carbocycles. The van der Waals surface area contributed by atoms with Crippen LogP contribution in [0.1, 0.15) is 11.1 Å². The average Bonchev–Trinajstić information content (AvgIpc) is 3.07. The van der Waals surface area contributed by atoms with Crippen LogP contribution in [0.4, 0.5) is 10.1 Å². The van der Waals surface area contributed by atoms with Gasteiger partial charge in [0.2, 0.25) is 5.91 Å². The summed E-state index contributed by atoms with van der Waals surface area (Å²) in [5.41, 5.74) is 0.754. The standard InChI is InChI=1S/C19H17ClFN3O5S/c1-24-10-16(9-22-24)29-11-13-3-5-15(8-18(13)30(26,27)28)23-19(25)6-12-2-4-14(21)7-17(12)20/h2-5,7-10H,6,11H2,1H3,(H,23,25)(H,26,27,28). The van der Waals surface area contributed by atoms with Crippen molar-refractivity contribution in [1.82, 2.24) is 9.78 Å². The predicted octanol–water partition coefficient (Wildman–Crippen LogP) is 3.22. The number of aromatic nitrogens is 2. The van der Waals surface area contributed by atoms with E-state index in [4.69, 9.17) is 16.3 Å². The summed E-state index contributed by atoms with van der Waals surface area (Å²) in [4.78, 5) is 11.9. The van der Waals surface area contributed by atoms with Gasteiger partial charge < -0.3 is 10.1 Å². The Morgan fingerprint density at radius 3 is 2.63 bits per heavy atom. The summed E-state index contributed by atoms with van der Waals surface area (Å²) in [6.07, 6.45) is 2.91. The van der Waals surface area contributed by atoms with Crippen molar-refractivity contribution in [1.29, 1.82) is 0 Å². The molecule has 0 fully saturated rings. The Hall–Kier alpha value is -2.95. The van der Waals surface area contributed by atoms with Gasteiger partial charge in [0.15, 0.2) is 5.75 Å². The molecule has 3 aromatic rings. The molecule has 11 heteroatoms. The van der Waals surface area contributed by atoms with Gasteiger partial charge in [-0.25, -0.2) is 4.39 Å². The van der Waals surface area contributed by atoms with Crippen molar-refractivity contribution >= 4 is 33.3 Å². The highest BCUT2D eigenvalue weighted by atomic mass is 35.5. The third-order valence-electron chi connectivity index (χ3n) is 4.07. The van der Waals surface area contributed by atoms with Crippen molar-refractivity contribution in [3.05, 3.63) is 70.8 Å². The van der Waals surface area contributed by atoms with Gasteiger partial charge in [0, 0.05) is 23.3 Å². The van der Waals surface area contributed by atoms with E-state index in [0.29, 0.717) is 11.3 Å². The summed E-state index contributed by atoms with van der Waals surface area (Å²) in [5, 5.41) is 6.57. The van der Waals surface area contributed by atoms with Gasteiger partial charge >= 0.3 is 0 Å². The number of halogens is 2. The fourth-order valence-electron chi connectivity index (χ4n) is 2.67. The molecule has 0 bridgehead atoms. The normalized spacial score (nSPS) is 11.3. The van der Waals surface area contributed by atoms with Crippen molar-refractivity contribution in [2.24, 2.45) is 7.05 Å². The SMILES string of the molecule is Cn1cc(OCc2ccc(NC(=O)Cc3ccc(F)cc3Cl)cc2S(=O)(=O)O)cn1. The van der Waals surface area contributed by atoms with Gasteiger partial charge in [-0.3, -0.25) is 14.0 Å². The number of amides is 1. The number of carbonyl (C=O) groups is 1. The maximum absolute atomic E-state index is 13.1. The van der Waals surface area contributed by atoms with Crippen LogP contribution >= 0.6 is 11.6 Å². The third kappa shape index (κ3) is 5.56. The molecule has 0 spiro atoms. The second-order valence-electron chi connectivity index (χ2n) is 6.40. The molecule has 2 aromatic carbocycles. The second kappa shape index (κ2) is 8.82. The number of nitrogens with zero attached hydrogens (tertiary/aromatic N) is 2. The van der Waals surface area contributed by atoms with Gasteiger partial charge in [-0.05, 0) is 29.8 Å². The minimum absolute atomic E-state index is 0.103. The number of carbonyl (C=O) groups excluding carboxylic acids is 1. The maximum atomic E-state index is 13.1. The molecule has 1 aromatic heterocycles. The van der Waals surface area contributed by atoms with Crippen molar-refractivity contribution in [3.8, 4) is 5.75 Å². The fourth-order valence-corrected chi connectivity index (χ4v) is 3.64. The van der Waals surface area contributed by atoms with E-state index in [1.165, 1.54) is 35.1 Å². The van der Waals surface area contributed by atoms with Gasteiger partial charge in [-0.15, -0.1) is 0 Å². The quantitative estimate of drug-likeness (QED) is 0.531. The van der Waals surface area contributed by atoms with E-state index < -0.39 is 26.7 Å². The minimum Gasteiger partial charge on any atom is -0.486 e. The topological polar surface area (TPSA) is 111 Å². The summed E-state index contributed by atoms with van der Waals surface area (Å²) in [7, 11) is -2.87. The number of hydrogen-bond donors (Lipinski definition) is 2. The maximum Gasteiger partial charge on any atom is 0.294 e. The van der Waals surface area contributed by atoms with Crippen LogP contribution in [0.3, 0.4) is 0 Å². The van der Waals surface area contributed by atoms with E-state index in [1.54, 1.807) is 13.2 Å². The molecular formula is C19H17ClFN3O5S. The van der Waals surface area contributed by atoms with E-state index in [9.17, 15) is 22.2 Å². The van der Waals surface area contributed by atoms with Crippen LogP contribution in [0.5, 0.6) is 5.75 Å². The molecule has 2 N–H and O–H groups in total. The zero-order chi connectivity index (χ0) is 21.9. The highest BCUT2D eigenvalue weighted by molar-refractivity contribution is 7.85. The van der Waals surface area contributed by atoms with Crippen LogP contribution in [-0.4, -0.2) is 28.7 Å². The molecule has 0 radical (unpaired) electrons. The van der Waals surface area contributed by atoms with E-state index in [0.717, 1.165) is 12.1 Å². The molecule has 1 heterocycles. The zero-order valence-electron chi connectivity index (χ0n) is 15.7. The summed E-state index contributed by atoms with van der Waals surface area (Å²) in [5.74, 6) is -0.595. The summed E-state index contributed by atoms with van der Waals surface area (Å²) in [6, 6.07) is 7.68. The Labute approximate surface area is 177 Å². The van der Waals surface area contributed by atoms with Gasteiger partial charge in [0.25, 0.3) is 10.1 Å². The molecule has 3 rings (SSSR count). The van der Waals surface area contributed by atoms with Crippen LogP contribution in [0.15, 0.2) is 53.7 Å². The fraction of sp³-hybridized carbons (Fsp3) is 0.158. The lowest BCUT2D eigenvalue weighted by molar-refractivity contribution is -0.115. The van der Waals surface area contributed by atoms with E-state index in [-0.39, 0.29) is 29.3 Å². The van der Waals surface area contributed by atoms with E-state index in [1.807, 2.05) is 0 Å². The second-order valence-corrected chi connectivity index (χ2v) is 8.19. The van der Waals surface area contributed by atoms with Crippen molar-refractivity contribution in [2.75, 3.05) is 5.32 Å². The predicted molar refractivity (Wildman–Crippen MR) is 108 cm³/mol. The zero-order valence-corrected chi connectivity index (χ0v) is 17.2. The number of hydrogen-bond acceptors (Lipinski definition) is 5. The minimum atomic E-state index is -4.58. The van der Waals surface area contributed by atoms with Crippen molar-refractivity contribution < 1.29 is 26.9 Å². The Morgan fingerprint density at radius 1 is 1.27 bits per heavy atom. The first kappa shape index (κ1) is 21.8. The molecule has 0 unspecified atom stereocenters. The van der Waals surface area contributed by atoms with Crippen LogP contribution in [0.25, 0.3) is 0 Å². The Bertz CT molecular complexity index is 1200. The highest BCUT2D eigenvalue weighted by Gasteiger charge is 2.18. The Balaban J connectivity index is 1.76. The van der Waals surface area contributed by atoms with E-state index in [2.05, 4.69) is 10.4 Å². The molecule has 158 valence electrons. The van der Waals surface area contributed by atoms with Crippen LogP contribution in [-0.2, 0) is 35.0 Å². The van der Waals surface area contributed by atoms with E-state index >= 15 is 0 Å². The molecule has 0 saturated heterocycles. The molecule has 8 nitrogen and oxygen atoms in total. The number of nitrogens with one attached hydrogen (secondary N) is 1. The first-order chi connectivity index (χ1) is 14.1. The number of ether oxygens (including phenoxy) is 1. The lowest BCUT2D eigenvalue weighted by Crippen LogP contribution is -2.15. The number of aryl methyl sites for hydroxylation is 1. The first-order valence-corrected chi connectivity index (χ1v) is 10.4. The number of benzene rings is 2.